The first kappa shape index (κ1) is 22.4. The fourth-order valence-electron chi connectivity index (χ4n) is 3.43. The first-order valence-corrected chi connectivity index (χ1v) is 11.6. The van der Waals surface area contributed by atoms with Gasteiger partial charge >= 0.3 is 0 Å². The van der Waals surface area contributed by atoms with Gasteiger partial charge in [0.05, 0.1) is 0 Å². The van der Waals surface area contributed by atoms with Crippen molar-refractivity contribution in [1.82, 2.24) is 0 Å². The van der Waals surface area contributed by atoms with Crippen LogP contribution in [0.2, 0.25) is 0 Å². The largest absolute Gasteiger partial charge is 0.507 e. The smallest absolute Gasteiger partial charge is 0.127 e. The number of phenols is 1. The summed E-state index contributed by atoms with van der Waals surface area (Å²) in [6.45, 7) is 14.0. The molecule has 158 valence electrons. The van der Waals surface area contributed by atoms with Crippen LogP contribution in [0, 0.1) is 0 Å². The summed E-state index contributed by atoms with van der Waals surface area (Å²) in [7, 11) is 0.403. The van der Waals surface area contributed by atoms with Crippen molar-refractivity contribution in [1.29, 1.82) is 0 Å². The Morgan fingerprint density at radius 3 is 2.03 bits per heavy atom. The highest BCUT2D eigenvalue weighted by Gasteiger charge is 2.25. The van der Waals surface area contributed by atoms with E-state index in [4.69, 9.17) is 0 Å². The van der Waals surface area contributed by atoms with E-state index in [0.29, 0.717) is 14.3 Å². The second-order valence-corrected chi connectivity index (χ2v) is 11.2. The molecule has 0 radical (unpaired) electrons. The van der Waals surface area contributed by atoms with Crippen LogP contribution >= 0.6 is 8.58 Å². The van der Waals surface area contributed by atoms with E-state index in [-0.39, 0.29) is 10.8 Å². The van der Waals surface area contributed by atoms with Gasteiger partial charge in [0, 0.05) is 23.1 Å². The van der Waals surface area contributed by atoms with Crippen LogP contribution in [-0.2, 0) is 17.4 Å². The Kier molecular flexibility index (Phi) is 6.58. The first-order valence-electron chi connectivity index (χ1n) is 10.6. The van der Waals surface area contributed by atoms with Gasteiger partial charge in [-0.15, -0.1) is 0 Å². The Bertz CT molecular complexity index is 998. The highest BCUT2D eigenvalue weighted by molar-refractivity contribution is 7.55. The van der Waals surface area contributed by atoms with Gasteiger partial charge in [-0.1, -0.05) is 98.7 Å². The van der Waals surface area contributed by atoms with Crippen molar-refractivity contribution < 1.29 is 5.11 Å². The molecule has 0 saturated heterocycles. The lowest BCUT2D eigenvalue weighted by molar-refractivity contribution is 0.449. The fourth-order valence-corrected chi connectivity index (χ4v) is 4.71. The maximum atomic E-state index is 11.2. The van der Waals surface area contributed by atoms with Crippen molar-refractivity contribution in [3.05, 3.63) is 83.4 Å². The van der Waals surface area contributed by atoms with Crippen LogP contribution in [0.4, 0.5) is 5.69 Å². The van der Waals surface area contributed by atoms with Gasteiger partial charge in [-0.3, -0.25) is 0 Å². The van der Waals surface area contributed by atoms with Crippen molar-refractivity contribution in [3.8, 4) is 5.75 Å². The lowest BCUT2D eigenvalue weighted by Gasteiger charge is -2.27. The SMILES string of the molecule is CC(C)(C)c1cc(Pc2ccccc2CNc2ccccc2)c(O)c(C(C)(C)C)c1. The van der Waals surface area contributed by atoms with Crippen molar-refractivity contribution in [3.63, 3.8) is 0 Å². The molecule has 1 atom stereocenters. The molecule has 3 aromatic rings. The van der Waals surface area contributed by atoms with Gasteiger partial charge in [-0.05, 0) is 45.5 Å². The monoisotopic (exact) mass is 419 g/mol. The molecule has 0 aromatic heterocycles. The third kappa shape index (κ3) is 5.43. The minimum Gasteiger partial charge on any atom is -0.507 e. The number of aromatic hydroxyl groups is 1. The summed E-state index contributed by atoms with van der Waals surface area (Å²) in [4.78, 5) is 0. The van der Waals surface area contributed by atoms with Crippen LogP contribution in [0.3, 0.4) is 0 Å². The molecule has 0 aliphatic carbocycles. The van der Waals surface area contributed by atoms with E-state index in [1.807, 2.05) is 18.2 Å². The molecule has 1 unspecified atom stereocenters. The summed E-state index contributed by atoms with van der Waals surface area (Å²) in [6, 6.07) is 23.2. The standard InChI is InChI=1S/C27H34NOP/c1-26(2,3)20-16-22(27(4,5)6)25(29)24(17-20)30-23-15-11-10-12-19(23)18-28-21-13-8-7-9-14-21/h7-17,28-30H,18H2,1-6H3. The Morgan fingerprint density at radius 2 is 1.40 bits per heavy atom. The minimum atomic E-state index is -0.112. The Morgan fingerprint density at radius 1 is 0.767 bits per heavy atom. The molecule has 3 heteroatoms. The zero-order valence-corrected chi connectivity index (χ0v) is 20.0. The Hall–Kier alpha value is -2.31. The van der Waals surface area contributed by atoms with E-state index < -0.39 is 0 Å². The van der Waals surface area contributed by atoms with Gasteiger partial charge in [0.15, 0.2) is 0 Å². The second kappa shape index (κ2) is 8.82. The second-order valence-electron chi connectivity index (χ2n) is 9.92. The van der Waals surface area contributed by atoms with Crippen molar-refractivity contribution in [2.75, 3.05) is 5.32 Å². The maximum Gasteiger partial charge on any atom is 0.127 e. The van der Waals surface area contributed by atoms with Gasteiger partial charge in [0.2, 0.25) is 0 Å². The van der Waals surface area contributed by atoms with E-state index in [1.165, 1.54) is 16.4 Å². The average Bonchev–Trinajstić information content (AvgIpc) is 2.68. The van der Waals surface area contributed by atoms with E-state index in [9.17, 15) is 5.11 Å². The highest BCUT2D eigenvalue weighted by atomic mass is 31.1. The predicted molar refractivity (Wildman–Crippen MR) is 133 cm³/mol. The quantitative estimate of drug-likeness (QED) is 0.481. The van der Waals surface area contributed by atoms with Crippen molar-refractivity contribution in [2.45, 2.75) is 58.9 Å². The van der Waals surface area contributed by atoms with E-state index in [2.05, 4.69) is 95.4 Å². The van der Waals surface area contributed by atoms with Crippen molar-refractivity contribution >= 4 is 24.9 Å². The fraction of sp³-hybridized carbons (Fsp3) is 0.333. The lowest BCUT2D eigenvalue weighted by atomic mass is 9.80. The van der Waals surface area contributed by atoms with Crippen LogP contribution in [0.1, 0.15) is 58.2 Å². The summed E-state index contributed by atoms with van der Waals surface area (Å²) in [5.41, 5.74) is 4.59. The molecule has 0 aliphatic heterocycles. The van der Waals surface area contributed by atoms with Gasteiger partial charge in [-0.2, -0.15) is 0 Å². The zero-order chi connectivity index (χ0) is 21.9. The van der Waals surface area contributed by atoms with Crippen LogP contribution in [0.25, 0.3) is 0 Å². The molecule has 0 heterocycles. The van der Waals surface area contributed by atoms with E-state index in [1.54, 1.807) is 0 Å². The van der Waals surface area contributed by atoms with Gasteiger partial charge in [-0.25, -0.2) is 0 Å². The van der Waals surface area contributed by atoms with Gasteiger partial charge < -0.3 is 10.4 Å². The number of hydrogen-bond acceptors (Lipinski definition) is 2. The zero-order valence-electron chi connectivity index (χ0n) is 19.0. The van der Waals surface area contributed by atoms with Crippen LogP contribution in [-0.4, -0.2) is 5.11 Å². The molecule has 0 saturated carbocycles. The minimum absolute atomic E-state index is 0.0291. The number of benzene rings is 3. The van der Waals surface area contributed by atoms with Crippen LogP contribution < -0.4 is 15.9 Å². The number of nitrogens with one attached hydrogen (secondary N) is 1. The summed E-state index contributed by atoms with van der Waals surface area (Å²) >= 11 is 0. The summed E-state index contributed by atoms with van der Waals surface area (Å²) < 4.78 is 0. The molecular weight excluding hydrogens is 385 g/mol. The van der Waals surface area contributed by atoms with Crippen LogP contribution in [0.15, 0.2) is 66.7 Å². The number of rotatable bonds is 5. The summed E-state index contributed by atoms with van der Waals surface area (Å²) in [6.07, 6.45) is 0. The Balaban J connectivity index is 1.96. The lowest BCUT2D eigenvalue weighted by Crippen LogP contribution is -2.21. The molecule has 0 amide bonds. The number of para-hydroxylation sites is 1. The highest BCUT2D eigenvalue weighted by Crippen LogP contribution is 2.36. The summed E-state index contributed by atoms with van der Waals surface area (Å²) in [5.74, 6) is 0.444. The molecule has 0 spiro atoms. The Labute approximate surface area is 183 Å². The molecular formula is C27H34NOP. The van der Waals surface area contributed by atoms with Gasteiger partial charge in [0.1, 0.15) is 5.75 Å². The topological polar surface area (TPSA) is 32.3 Å². The normalized spacial score (nSPS) is 12.5. The predicted octanol–water partition coefficient (Wildman–Crippen LogP) is 6.23. The van der Waals surface area contributed by atoms with E-state index in [0.717, 1.165) is 23.1 Å². The van der Waals surface area contributed by atoms with Crippen LogP contribution in [0.5, 0.6) is 5.75 Å². The molecule has 0 fully saturated rings. The molecule has 3 rings (SSSR count). The molecule has 0 bridgehead atoms. The van der Waals surface area contributed by atoms with E-state index >= 15 is 0 Å². The average molecular weight is 420 g/mol. The maximum absolute atomic E-state index is 11.2. The third-order valence-electron chi connectivity index (χ3n) is 5.33. The number of hydrogen-bond donors (Lipinski definition) is 2. The number of phenolic OH excluding ortho intramolecular Hbond substituents is 1. The molecule has 30 heavy (non-hydrogen) atoms. The molecule has 2 nitrogen and oxygen atoms in total. The molecule has 3 aromatic carbocycles. The van der Waals surface area contributed by atoms with Crippen molar-refractivity contribution in [2.24, 2.45) is 0 Å². The third-order valence-corrected chi connectivity index (χ3v) is 6.74. The molecule has 0 aliphatic rings. The first-order chi connectivity index (χ1) is 14.1. The van der Waals surface area contributed by atoms with Gasteiger partial charge in [0.25, 0.3) is 0 Å². The number of anilines is 1. The molecule has 2 N–H and O–H groups in total. The summed E-state index contributed by atoms with van der Waals surface area (Å²) in [5, 5.41) is 17.0.